The third kappa shape index (κ3) is 3.14. The fourth-order valence-corrected chi connectivity index (χ4v) is 3.45. The molecule has 0 aliphatic heterocycles. The van der Waals surface area contributed by atoms with Gasteiger partial charge in [-0.05, 0) is 68.5 Å². The van der Waals surface area contributed by atoms with Gasteiger partial charge in [-0.1, -0.05) is 30.3 Å². The lowest BCUT2D eigenvalue weighted by atomic mass is 9.86. The average molecular weight is 319 g/mol. The van der Waals surface area contributed by atoms with Crippen LogP contribution < -0.4 is 4.90 Å². The van der Waals surface area contributed by atoms with E-state index in [0.29, 0.717) is 0 Å². The zero-order valence-corrected chi connectivity index (χ0v) is 14.8. The van der Waals surface area contributed by atoms with Crippen LogP contribution in [0, 0.1) is 6.92 Å². The van der Waals surface area contributed by atoms with Crippen LogP contribution in [0.15, 0.2) is 48.0 Å². The predicted octanol–water partition coefficient (Wildman–Crippen LogP) is 5.05. The number of Topliss-reactive ketones (excluding diaryl/α,β-unsaturated/α-hetero) is 1. The van der Waals surface area contributed by atoms with Gasteiger partial charge < -0.3 is 4.90 Å². The maximum Gasteiger partial charge on any atom is 0.189 e. The molecule has 124 valence electrons. The van der Waals surface area contributed by atoms with Crippen LogP contribution in [0.2, 0.25) is 0 Å². The van der Waals surface area contributed by atoms with Crippen molar-refractivity contribution in [1.82, 2.24) is 0 Å². The number of hydrogen-bond donors (Lipinski definition) is 0. The summed E-state index contributed by atoms with van der Waals surface area (Å²) < 4.78 is 0. The van der Waals surface area contributed by atoms with E-state index in [1.165, 1.54) is 16.8 Å². The summed E-state index contributed by atoms with van der Waals surface area (Å²) in [7, 11) is 0. The highest BCUT2D eigenvalue weighted by Crippen LogP contribution is 2.28. The molecule has 0 N–H and O–H groups in total. The van der Waals surface area contributed by atoms with Crippen LogP contribution in [0.5, 0.6) is 0 Å². The summed E-state index contributed by atoms with van der Waals surface area (Å²) >= 11 is 0. The van der Waals surface area contributed by atoms with Crippen molar-refractivity contribution in [3.8, 4) is 0 Å². The lowest BCUT2D eigenvalue weighted by molar-refractivity contribution is 0.102. The van der Waals surface area contributed by atoms with Crippen molar-refractivity contribution < 1.29 is 4.79 Å². The summed E-state index contributed by atoms with van der Waals surface area (Å²) in [6.07, 6.45) is 3.86. The number of aryl methyl sites for hydroxylation is 2. The SMILES string of the molecule is CCN(CC)c1ccc(C=C2CCc3ccccc3C2=O)c(C)c1. The van der Waals surface area contributed by atoms with Gasteiger partial charge in [-0.25, -0.2) is 0 Å². The molecule has 0 radical (unpaired) electrons. The molecule has 0 amide bonds. The summed E-state index contributed by atoms with van der Waals surface area (Å²) in [6.45, 7) is 8.48. The molecular formula is C22H25NO. The van der Waals surface area contributed by atoms with E-state index in [1.54, 1.807) is 0 Å². The maximum atomic E-state index is 12.7. The monoisotopic (exact) mass is 319 g/mol. The molecule has 0 aromatic heterocycles. The zero-order valence-electron chi connectivity index (χ0n) is 14.8. The molecule has 0 bridgehead atoms. The minimum Gasteiger partial charge on any atom is -0.372 e. The number of benzene rings is 2. The minimum absolute atomic E-state index is 0.184. The molecule has 0 unspecified atom stereocenters. The molecule has 24 heavy (non-hydrogen) atoms. The summed E-state index contributed by atoms with van der Waals surface area (Å²) in [5.74, 6) is 0.184. The van der Waals surface area contributed by atoms with Crippen LogP contribution in [0.3, 0.4) is 0 Å². The number of fused-ring (bicyclic) bond motifs is 1. The number of ketones is 1. The molecule has 0 heterocycles. The standard InChI is InChI=1S/C22H25NO/c1-4-23(5-2)20-13-12-18(16(3)14-20)15-19-11-10-17-8-6-7-9-21(17)22(19)24/h6-9,12-15H,4-5,10-11H2,1-3H3. The molecule has 0 saturated carbocycles. The first-order valence-electron chi connectivity index (χ1n) is 8.82. The van der Waals surface area contributed by atoms with Crippen LogP contribution in [0.25, 0.3) is 6.08 Å². The molecule has 2 aromatic carbocycles. The van der Waals surface area contributed by atoms with Crippen molar-refractivity contribution in [1.29, 1.82) is 0 Å². The normalized spacial score (nSPS) is 15.5. The van der Waals surface area contributed by atoms with Gasteiger partial charge in [-0.15, -0.1) is 0 Å². The lowest BCUT2D eigenvalue weighted by Gasteiger charge is -2.22. The molecule has 0 saturated heterocycles. The quantitative estimate of drug-likeness (QED) is 0.735. The van der Waals surface area contributed by atoms with E-state index < -0.39 is 0 Å². The van der Waals surface area contributed by atoms with E-state index in [4.69, 9.17) is 0 Å². The number of anilines is 1. The van der Waals surface area contributed by atoms with E-state index >= 15 is 0 Å². The summed E-state index contributed by atoms with van der Waals surface area (Å²) in [5, 5.41) is 0. The topological polar surface area (TPSA) is 20.3 Å². The molecule has 0 fully saturated rings. The number of carbonyl (C=O) groups is 1. The van der Waals surface area contributed by atoms with Crippen molar-refractivity contribution in [3.05, 3.63) is 70.3 Å². The number of rotatable bonds is 4. The van der Waals surface area contributed by atoms with Crippen molar-refractivity contribution in [3.63, 3.8) is 0 Å². The highest BCUT2D eigenvalue weighted by atomic mass is 16.1. The van der Waals surface area contributed by atoms with Gasteiger partial charge in [-0.2, -0.15) is 0 Å². The third-order valence-corrected chi connectivity index (χ3v) is 4.93. The Kier molecular flexibility index (Phi) is 4.84. The van der Waals surface area contributed by atoms with Crippen molar-refractivity contribution in [2.45, 2.75) is 33.6 Å². The second-order valence-corrected chi connectivity index (χ2v) is 6.37. The summed E-state index contributed by atoms with van der Waals surface area (Å²) in [4.78, 5) is 15.1. The second-order valence-electron chi connectivity index (χ2n) is 6.37. The smallest absolute Gasteiger partial charge is 0.189 e. The van der Waals surface area contributed by atoms with E-state index in [2.05, 4.69) is 56.0 Å². The van der Waals surface area contributed by atoms with Gasteiger partial charge >= 0.3 is 0 Å². The van der Waals surface area contributed by atoms with Gasteiger partial charge in [0.25, 0.3) is 0 Å². The minimum atomic E-state index is 0.184. The molecule has 0 atom stereocenters. The zero-order chi connectivity index (χ0) is 17.1. The third-order valence-electron chi connectivity index (χ3n) is 4.93. The Bertz CT molecular complexity index is 784. The van der Waals surface area contributed by atoms with Crippen LogP contribution >= 0.6 is 0 Å². The molecule has 1 aliphatic carbocycles. The maximum absolute atomic E-state index is 12.7. The highest BCUT2D eigenvalue weighted by Gasteiger charge is 2.21. The molecule has 3 rings (SSSR count). The largest absolute Gasteiger partial charge is 0.372 e. The first-order chi connectivity index (χ1) is 11.6. The van der Waals surface area contributed by atoms with Crippen LogP contribution in [-0.2, 0) is 6.42 Å². The number of carbonyl (C=O) groups excluding carboxylic acids is 1. The van der Waals surface area contributed by atoms with Crippen molar-refractivity contribution in [2.24, 2.45) is 0 Å². The van der Waals surface area contributed by atoms with Gasteiger partial charge in [0.2, 0.25) is 0 Å². The van der Waals surface area contributed by atoms with Gasteiger partial charge in [0.15, 0.2) is 5.78 Å². The Balaban J connectivity index is 1.91. The highest BCUT2D eigenvalue weighted by molar-refractivity contribution is 6.13. The van der Waals surface area contributed by atoms with Crippen molar-refractivity contribution in [2.75, 3.05) is 18.0 Å². The number of allylic oxidation sites excluding steroid dienone is 1. The van der Waals surface area contributed by atoms with Gasteiger partial charge in [0.1, 0.15) is 0 Å². The van der Waals surface area contributed by atoms with Crippen LogP contribution in [0.1, 0.15) is 47.3 Å². The average Bonchev–Trinajstić information content (AvgIpc) is 2.60. The summed E-state index contributed by atoms with van der Waals surface area (Å²) in [5.41, 5.74) is 6.58. The Morgan fingerprint density at radius 1 is 1.04 bits per heavy atom. The Morgan fingerprint density at radius 2 is 1.79 bits per heavy atom. The van der Waals surface area contributed by atoms with Crippen molar-refractivity contribution >= 4 is 17.5 Å². The Morgan fingerprint density at radius 3 is 2.50 bits per heavy atom. The van der Waals surface area contributed by atoms with Crippen LogP contribution in [0.4, 0.5) is 5.69 Å². The predicted molar refractivity (Wildman–Crippen MR) is 102 cm³/mol. The summed E-state index contributed by atoms with van der Waals surface area (Å²) in [6, 6.07) is 14.5. The number of hydrogen-bond acceptors (Lipinski definition) is 2. The number of nitrogens with zero attached hydrogens (tertiary/aromatic N) is 1. The molecular weight excluding hydrogens is 294 g/mol. The van der Waals surface area contributed by atoms with E-state index in [-0.39, 0.29) is 5.78 Å². The van der Waals surface area contributed by atoms with Gasteiger partial charge in [0.05, 0.1) is 0 Å². The first-order valence-corrected chi connectivity index (χ1v) is 8.82. The first kappa shape index (κ1) is 16.5. The fourth-order valence-electron chi connectivity index (χ4n) is 3.45. The second kappa shape index (κ2) is 7.04. The Labute approximate surface area is 144 Å². The molecule has 2 nitrogen and oxygen atoms in total. The van der Waals surface area contributed by atoms with E-state index in [1.807, 2.05) is 18.2 Å². The van der Waals surface area contributed by atoms with Crippen LogP contribution in [-0.4, -0.2) is 18.9 Å². The van der Waals surface area contributed by atoms with Gasteiger partial charge in [0, 0.05) is 29.9 Å². The van der Waals surface area contributed by atoms with Gasteiger partial charge in [-0.3, -0.25) is 4.79 Å². The molecule has 2 heteroatoms. The molecule has 1 aliphatic rings. The fraction of sp³-hybridized carbons (Fsp3) is 0.318. The molecule has 2 aromatic rings. The van der Waals surface area contributed by atoms with E-state index in [0.717, 1.165) is 42.6 Å². The van der Waals surface area contributed by atoms with E-state index in [9.17, 15) is 4.79 Å². The Hall–Kier alpha value is -2.35. The lowest BCUT2D eigenvalue weighted by Crippen LogP contribution is -2.21. The molecule has 0 spiro atoms.